The van der Waals surface area contributed by atoms with Crippen molar-refractivity contribution in [3.05, 3.63) is 34.9 Å². The van der Waals surface area contributed by atoms with Gasteiger partial charge in [-0.1, -0.05) is 43.6 Å². The molecule has 2 nitrogen and oxygen atoms in total. The van der Waals surface area contributed by atoms with Crippen molar-refractivity contribution in [2.24, 2.45) is 5.73 Å². The molecule has 0 fully saturated rings. The number of ether oxygens (including phenoxy) is 1. The van der Waals surface area contributed by atoms with Crippen LogP contribution in [0, 0.1) is 0 Å². The Labute approximate surface area is 115 Å². The van der Waals surface area contributed by atoms with Crippen LogP contribution in [0.25, 0.3) is 0 Å². The number of rotatable bonds is 7. The zero-order valence-electron chi connectivity index (χ0n) is 11.6. The lowest BCUT2D eigenvalue weighted by atomic mass is 9.85. The molecule has 0 saturated heterocycles. The summed E-state index contributed by atoms with van der Waals surface area (Å²) in [6.45, 7) is 6.97. The monoisotopic (exact) mass is 269 g/mol. The molecule has 0 radical (unpaired) electrons. The van der Waals surface area contributed by atoms with E-state index in [0.29, 0.717) is 6.61 Å². The topological polar surface area (TPSA) is 35.2 Å². The highest BCUT2D eigenvalue weighted by Crippen LogP contribution is 2.27. The van der Waals surface area contributed by atoms with E-state index in [2.05, 4.69) is 13.8 Å². The highest BCUT2D eigenvalue weighted by atomic mass is 35.5. The van der Waals surface area contributed by atoms with Crippen LogP contribution in [0.15, 0.2) is 24.3 Å². The summed E-state index contributed by atoms with van der Waals surface area (Å²) in [6, 6.07) is 7.84. The van der Waals surface area contributed by atoms with Crippen LogP contribution in [0.3, 0.4) is 0 Å². The first-order valence-electron chi connectivity index (χ1n) is 6.72. The van der Waals surface area contributed by atoms with Crippen LogP contribution in [-0.4, -0.2) is 18.2 Å². The molecule has 0 spiro atoms. The summed E-state index contributed by atoms with van der Waals surface area (Å²) in [5.41, 5.74) is 7.23. The molecule has 0 aliphatic heterocycles. The molecular formula is C15H24ClNO. The smallest absolute Gasteiger partial charge is 0.0830 e. The van der Waals surface area contributed by atoms with Gasteiger partial charge in [-0.25, -0.2) is 0 Å². The largest absolute Gasteiger partial charge is 0.374 e. The maximum absolute atomic E-state index is 6.38. The van der Waals surface area contributed by atoms with Crippen molar-refractivity contribution in [2.75, 3.05) is 6.61 Å². The number of halogens is 1. The van der Waals surface area contributed by atoms with E-state index < -0.39 is 0 Å². The van der Waals surface area contributed by atoms with Gasteiger partial charge in [0.15, 0.2) is 0 Å². The van der Waals surface area contributed by atoms with Crippen LogP contribution in [-0.2, 0) is 11.2 Å². The van der Waals surface area contributed by atoms with E-state index in [1.807, 2.05) is 31.2 Å². The Morgan fingerprint density at radius 3 is 2.33 bits per heavy atom. The van der Waals surface area contributed by atoms with E-state index in [0.717, 1.165) is 29.8 Å². The fourth-order valence-electron chi connectivity index (χ4n) is 2.46. The summed E-state index contributed by atoms with van der Waals surface area (Å²) in [5, 5.41) is 0.783. The van der Waals surface area contributed by atoms with Crippen LogP contribution >= 0.6 is 11.6 Å². The first-order valence-corrected chi connectivity index (χ1v) is 7.10. The molecule has 1 aromatic carbocycles. The third-order valence-corrected chi connectivity index (χ3v) is 4.07. The van der Waals surface area contributed by atoms with Crippen molar-refractivity contribution in [2.45, 2.75) is 51.7 Å². The van der Waals surface area contributed by atoms with Gasteiger partial charge in [-0.2, -0.15) is 0 Å². The van der Waals surface area contributed by atoms with Crippen molar-refractivity contribution in [1.82, 2.24) is 0 Å². The molecular weight excluding hydrogens is 246 g/mol. The van der Waals surface area contributed by atoms with Gasteiger partial charge in [0, 0.05) is 17.7 Å². The maximum atomic E-state index is 6.38. The van der Waals surface area contributed by atoms with Gasteiger partial charge in [-0.15, -0.1) is 0 Å². The van der Waals surface area contributed by atoms with E-state index in [1.165, 1.54) is 0 Å². The molecule has 102 valence electrons. The normalized spacial score (nSPS) is 13.6. The number of benzene rings is 1. The SMILES string of the molecule is CCOC(CC)(CC)C(N)Cc1ccccc1Cl. The molecule has 0 amide bonds. The summed E-state index contributed by atoms with van der Waals surface area (Å²) in [6.07, 6.45) is 2.59. The zero-order chi connectivity index (χ0) is 13.6. The quantitative estimate of drug-likeness (QED) is 0.817. The molecule has 0 saturated carbocycles. The Bertz CT molecular complexity index is 363. The third kappa shape index (κ3) is 3.47. The molecule has 0 aliphatic carbocycles. The van der Waals surface area contributed by atoms with Gasteiger partial charge in [0.05, 0.1) is 5.60 Å². The first kappa shape index (κ1) is 15.5. The second-order valence-electron chi connectivity index (χ2n) is 4.61. The lowest BCUT2D eigenvalue weighted by Gasteiger charge is -2.37. The zero-order valence-corrected chi connectivity index (χ0v) is 12.3. The second-order valence-corrected chi connectivity index (χ2v) is 5.01. The molecule has 18 heavy (non-hydrogen) atoms. The molecule has 1 unspecified atom stereocenters. The number of nitrogens with two attached hydrogens (primary N) is 1. The summed E-state index contributed by atoms with van der Waals surface area (Å²) < 4.78 is 5.93. The van der Waals surface area contributed by atoms with Gasteiger partial charge in [0.1, 0.15) is 0 Å². The van der Waals surface area contributed by atoms with Crippen LogP contribution in [0.4, 0.5) is 0 Å². The van der Waals surface area contributed by atoms with Gasteiger partial charge in [-0.05, 0) is 37.8 Å². The van der Waals surface area contributed by atoms with E-state index in [4.69, 9.17) is 22.1 Å². The Morgan fingerprint density at radius 2 is 1.83 bits per heavy atom. The summed E-state index contributed by atoms with van der Waals surface area (Å²) in [7, 11) is 0. The van der Waals surface area contributed by atoms with E-state index in [-0.39, 0.29) is 11.6 Å². The molecule has 0 aromatic heterocycles. The minimum Gasteiger partial charge on any atom is -0.374 e. The number of hydrogen-bond donors (Lipinski definition) is 1. The highest BCUT2D eigenvalue weighted by molar-refractivity contribution is 6.31. The van der Waals surface area contributed by atoms with Gasteiger partial charge in [0.25, 0.3) is 0 Å². The van der Waals surface area contributed by atoms with Gasteiger partial charge >= 0.3 is 0 Å². The molecule has 1 atom stereocenters. The Morgan fingerprint density at radius 1 is 1.22 bits per heavy atom. The van der Waals surface area contributed by atoms with Crippen molar-refractivity contribution in [1.29, 1.82) is 0 Å². The van der Waals surface area contributed by atoms with Crippen molar-refractivity contribution >= 4 is 11.6 Å². The highest BCUT2D eigenvalue weighted by Gasteiger charge is 2.34. The Kier molecular flexibility index (Phi) is 6.13. The number of hydrogen-bond acceptors (Lipinski definition) is 2. The minimum atomic E-state index is -0.242. The lowest BCUT2D eigenvalue weighted by Crippen LogP contribution is -2.50. The lowest BCUT2D eigenvalue weighted by molar-refractivity contribution is -0.0633. The summed E-state index contributed by atoms with van der Waals surface area (Å²) in [4.78, 5) is 0. The second kappa shape index (κ2) is 7.13. The fourth-order valence-corrected chi connectivity index (χ4v) is 2.67. The molecule has 0 heterocycles. The van der Waals surface area contributed by atoms with Gasteiger partial charge in [-0.3, -0.25) is 0 Å². The maximum Gasteiger partial charge on any atom is 0.0830 e. The van der Waals surface area contributed by atoms with Crippen molar-refractivity contribution in [3.8, 4) is 0 Å². The van der Waals surface area contributed by atoms with Crippen LogP contribution < -0.4 is 5.73 Å². The minimum absolute atomic E-state index is 0.0349. The first-order chi connectivity index (χ1) is 8.59. The van der Waals surface area contributed by atoms with Crippen molar-refractivity contribution < 1.29 is 4.74 Å². The summed E-state index contributed by atoms with van der Waals surface area (Å²) in [5.74, 6) is 0. The van der Waals surface area contributed by atoms with Gasteiger partial charge < -0.3 is 10.5 Å². The van der Waals surface area contributed by atoms with Gasteiger partial charge in [0.2, 0.25) is 0 Å². The molecule has 1 rings (SSSR count). The van der Waals surface area contributed by atoms with E-state index in [1.54, 1.807) is 0 Å². The molecule has 1 aromatic rings. The van der Waals surface area contributed by atoms with E-state index in [9.17, 15) is 0 Å². The van der Waals surface area contributed by atoms with Crippen LogP contribution in [0.2, 0.25) is 5.02 Å². The standard InChI is InChI=1S/C15H24ClNO/c1-4-15(5-2,18-6-3)14(17)11-12-9-7-8-10-13(12)16/h7-10,14H,4-6,11,17H2,1-3H3. The predicted molar refractivity (Wildman–Crippen MR) is 78.1 cm³/mol. The summed E-state index contributed by atoms with van der Waals surface area (Å²) >= 11 is 6.19. The average molecular weight is 270 g/mol. The molecule has 0 aliphatic rings. The van der Waals surface area contributed by atoms with Crippen LogP contribution in [0.1, 0.15) is 39.2 Å². The Hall–Kier alpha value is -0.570. The van der Waals surface area contributed by atoms with E-state index >= 15 is 0 Å². The fraction of sp³-hybridized carbons (Fsp3) is 0.600. The average Bonchev–Trinajstić information content (AvgIpc) is 2.38. The van der Waals surface area contributed by atoms with Crippen molar-refractivity contribution in [3.63, 3.8) is 0 Å². The molecule has 2 N–H and O–H groups in total. The Balaban J connectivity index is 2.85. The predicted octanol–water partition coefficient (Wildman–Crippen LogP) is 3.81. The molecule has 0 bridgehead atoms. The molecule has 3 heteroatoms. The third-order valence-electron chi connectivity index (χ3n) is 3.70. The van der Waals surface area contributed by atoms with Crippen LogP contribution in [0.5, 0.6) is 0 Å².